The van der Waals surface area contributed by atoms with Crippen LogP contribution in [0, 0.1) is 5.82 Å². The molecule has 2 aromatic carbocycles. The van der Waals surface area contributed by atoms with Crippen molar-refractivity contribution in [3.05, 3.63) is 80.5 Å². The number of hydroxylamine groups is 2. The highest BCUT2D eigenvalue weighted by Crippen LogP contribution is 2.39. The van der Waals surface area contributed by atoms with E-state index in [4.69, 9.17) is 26.1 Å². The van der Waals surface area contributed by atoms with Gasteiger partial charge in [0.2, 0.25) is 17.8 Å². The average molecular weight is 914 g/mol. The van der Waals surface area contributed by atoms with Gasteiger partial charge in [0.25, 0.3) is 17.4 Å². The van der Waals surface area contributed by atoms with Crippen LogP contribution in [0.25, 0.3) is 10.9 Å². The molecule has 0 radical (unpaired) electrons. The minimum Gasteiger partial charge on any atom is -0.478 e. The molecule has 19 heteroatoms. The van der Waals surface area contributed by atoms with Crippen LogP contribution in [-0.2, 0) is 25.7 Å². The molecule has 0 spiro atoms. The van der Waals surface area contributed by atoms with E-state index in [1.807, 2.05) is 32.0 Å². The number of aromatic nitrogens is 3. The third kappa shape index (κ3) is 9.00. The molecule has 2 aromatic heterocycles. The van der Waals surface area contributed by atoms with Crippen molar-refractivity contribution in [3.8, 4) is 5.75 Å². The van der Waals surface area contributed by atoms with E-state index >= 15 is 4.39 Å². The van der Waals surface area contributed by atoms with E-state index in [2.05, 4.69) is 25.4 Å². The predicted molar refractivity (Wildman–Crippen MR) is 238 cm³/mol. The van der Waals surface area contributed by atoms with Gasteiger partial charge < -0.3 is 34.1 Å². The molecular weight excluding hydrogens is 861 g/mol. The lowest BCUT2D eigenvalue weighted by molar-refractivity contribution is -0.161. The number of nitrogens with one attached hydrogen (secondary N) is 2. The van der Waals surface area contributed by atoms with E-state index < -0.39 is 24.5 Å². The number of hydrogen-bond acceptors (Lipinski definition) is 13. The van der Waals surface area contributed by atoms with Gasteiger partial charge in [-0.15, -0.1) is 0 Å². The Hall–Kier alpha value is -5.69. The number of fused-ring (bicyclic) bond motifs is 2. The molecule has 1 atom stereocenters. The summed E-state index contributed by atoms with van der Waals surface area (Å²) in [5, 5.41) is 16.5. The minimum absolute atomic E-state index is 0.0153. The van der Waals surface area contributed by atoms with Crippen LogP contribution in [0.5, 0.6) is 5.75 Å². The smallest absolute Gasteiger partial charge is 0.293 e. The maximum absolute atomic E-state index is 16.0. The van der Waals surface area contributed by atoms with E-state index in [0.717, 1.165) is 64.7 Å². The molecule has 4 amide bonds. The molecule has 5 aliphatic rings. The third-order valence-corrected chi connectivity index (χ3v) is 13.8. The van der Waals surface area contributed by atoms with E-state index in [-0.39, 0.29) is 72.5 Å². The third-order valence-electron chi connectivity index (χ3n) is 13.6. The van der Waals surface area contributed by atoms with Gasteiger partial charge in [0, 0.05) is 60.8 Å². The average Bonchev–Trinajstić information content (AvgIpc) is 3.61. The van der Waals surface area contributed by atoms with E-state index in [1.54, 1.807) is 29.0 Å². The second-order valence-corrected chi connectivity index (χ2v) is 18.4. The van der Waals surface area contributed by atoms with Crippen molar-refractivity contribution >= 4 is 63.6 Å². The minimum atomic E-state index is -0.773. The van der Waals surface area contributed by atoms with Crippen LogP contribution in [0.4, 0.5) is 21.8 Å². The van der Waals surface area contributed by atoms with Gasteiger partial charge in [0.05, 0.1) is 30.5 Å². The Labute approximate surface area is 379 Å². The van der Waals surface area contributed by atoms with Crippen LogP contribution < -0.4 is 25.8 Å². The number of likely N-dealkylation sites (tertiary alicyclic amines) is 1. The lowest BCUT2D eigenvalue weighted by atomic mass is 9.83. The molecule has 3 N–H and O–H groups in total. The van der Waals surface area contributed by atoms with Crippen molar-refractivity contribution < 1.29 is 38.2 Å². The van der Waals surface area contributed by atoms with Crippen LogP contribution in [0.2, 0.25) is 5.02 Å². The Kier molecular flexibility index (Phi) is 12.5. The molecule has 0 unspecified atom stereocenters. The number of piperidine rings is 3. The molecule has 1 saturated carbocycles. The van der Waals surface area contributed by atoms with Gasteiger partial charge in [-0.2, -0.15) is 4.98 Å². The van der Waals surface area contributed by atoms with Crippen molar-refractivity contribution in [2.75, 3.05) is 50.1 Å². The van der Waals surface area contributed by atoms with Crippen molar-refractivity contribution in [2.24, 2.45) is 0 Å². The topological polar surface area (TPSA) is 192 Å². The van der Waals surface area contributed by atoms with Gasteiger partial charge >= 0.3 is 0 Å². The number of rotatable bonds is 12. The van der Waals surface area contributed by atoms with Crippen molar-refractivity contribution in [3.63, 3.8) is 0 Å². The number of pyridine rings is 1. The number of ether oxygens (including phenoxy) is 2. The number of likely N-dealkylation sites (N-methyl/N-ethyl adjacent to an activating group) is 1. The monoisotopic (exact) mass is 913 g/mol. The van der Waals surface area contributed by atoms with Gasteiger partial charge in [-0.05, 0) is 114 Å². The number of carbonyl (C=O) groups excluding carboxylic acids is 4. The summed E-state index contributed by atoms with van der Waals surface area (Å²) in [4.78, 5) is 77.8. The maximum atomic E-state index is 16.0. The number of benzene rings is 2. The molecule has 9 rings (SSSR count). The molecule has 65 heavy (non-hydrogen) atoms. The molecule has 344 valence electrons. The first kappa shape index (κ1) is 44.5. The highest BCUT2D eigenvalue weighted by Gasteiger charge is 2.42. The van der Waals surface area contributed by atoms with Crippen molar-refractivity contribution in [1.29, 1.82) is 0 Å². The number of hydrogen-bond donors (Lipinski definition) is 3. The maximum Gasteiger partial charge on any atom is 0.293 e. The molecule has 4 fully saturated rings. The molecule has 4 aliphatic heterocycles. The fourth-order valence-corrected chi connectivity index (χ4v) is 10.0. The highest BCUT2D eigenvalue weighted by molar-refractivity contribution is 6.33. The fourth-order valence-electron chi connectivity index (χ4n) is 9.91. The Morgan fingerprint density at radius 1 is 1.02 bits per heavy atom. The van der Waals surface area contributed by atoms with Crippen LogP contribution in [0.15, 0.2) is 47.4 Å². The second kappa shape index (κ2) is 18.3. The number of amides is 4. The number of anilines is 3. The van der Waals surface area contributed by atoms with Gasteiger partial charge in [-0.3, -0.25) is 34.5 Å². The van der Waals surface area contributed by atoms with E-state index in [1.165, 1.54) is 11.9 Å². The molecule has 3 saturated heterocycles. The zero-order valence-electron chi connectivity index (χ0n) is 36.6. The summed E-state index contributed by atoms with van der Waals surface area (Å²) in [7, 11) is 1.19. The normalized spacial score (nSPS) is 22.0. The van der Waals surface area contributed by atoms with Crippen LogP contribution in [0.1, 0.15) is 98.7 Å². The fraction of sp³-hybridized carbons (Fsp3) is 0.500. The number of nitrogens with zero attached hydrogens (tertiary/aromatic N) is 7. The predicted octanol–water partition coefficient (Wildman–Crippen LogP) is 5.29. The summed E-state index contributed by atoms with van der Waals surface area (Å²) >= 11 is 6.59. The van der Waals surface area contributed by atoms with E-state index in [9.17, 15) is 29.2 Å². The lowest BCUT2D eigenvalue weighted by Gasteiger charge is -2.47. The summed E-state index contributed by atoms with van der Waals surface area (Å²) in [5.74, 6) is -1.26. The lowest BCUT2D eigenvalue weighted by Crippen LogP contribution is -2.52. The SMILES string of the molecule is CC(C)n1c(=O)c(OCC(=O)N(C)O)cc2cc(Nc3nc(N4CCC(OC5CC(N6CCC(c7ccc8c(c7F)CN([C@@H]7CCC(=O)NC7=O)C8=O)CC6)C5)CC4)ncc3Cl)ccc21. The van der Waals surface area contributed by atoms with Crippen molar-refractivity contribution in [1.82, 2.24) is 34.7 Å². The summed E-state index contributed by atoms with van der Waals surface area (Å²) in [6.07, 6.45) is 7.53. The molecule has 0 bridgehead atoms. The summed E-state index contributed by atoms with van der Waals surface area (Å²) in [6.45, 7) is 6.47. The first-order valence-corrected chi connectivity index (χ1v) is 22.8. The molecule has 6 heterocycles. The Bertz CT molecular complexity index is 2590. The van der Waals surface area contributed by atoms with Crippen LogP contribution in [0.3, 0.4) is 0 Å². The van der Waals surface area contributed by atoms with E-state index in [0.29, 0.717) is 61.2 Å². The summed E-state index contributed by atoms with van der Waals surface area (Å²) < 4.78 is 29.7. The molecular formula is C46H53ClFN9O8. The Morgan fingerprint density at radius 2 is 1.77 bits per heavy atom. The first-order chi connectivity index (χ1) is 31.2. The summed E-state index contributed by atoms with van der Waals surface area (Å²) in [6, 6.07) is 9.99. The molecule has 4 aromatic rings. The number of halogens is 2. The van der Waals surface area contributed by atoms with Gasteiger partial charge in [-0.25, -0.2) is 14.4 Å². The zero-order chi connectivity index (χ0) is 45.7. The molecule has 17 nitrogen and oxygen atoms in total. The first-order valence-electron chi connectivity index (χ1n) is 22.4. The van der Waals surface area contributed by atoms with Crippen LogP contribution >= 0.6 is 11.6 Å². The number of carbonyl (C=O) groups is 4. The Morgan fingerprint density at radius 3 is 2.48 bits per heavy atom. The molecule has 1 aliphatic carbocycles. The quantitative estimate of drug-likeness (QED) is 0.0945. The zero-order valence-corrected chi connectivity index (χ0v) is 37.4. The summed E-state index contributed by atoms with van der Waals surface area (Å²) in [5.41, 5.74) is 2.24. The van der Waals surface area contributed by atoms with Crippen molar-refractivity contribution in [2.45, 2.75) is 108 Å². The second-order valence-electron chi connectivity index (χ2n) is 18.0. The van der Waals surface area contributed by atoms with Gasteiger partial charge in [0.1, 0.15) is 16.9 Å². The standard InChI is InChI=1S/C46H53ClFN9O8/c1-25(2)57-36-7-4-28(18-27(36)19-38(45(57)62)64-24-40(59)53(3)63)50-42-35(47)22-49-46(52-42)55-16-12-30(13-17-55)65-31-20-29(21-31)54-14-10-26(11-15-54)32-5-6-33-34(41(32)48)23-56(44(33)61)37-8-9-39(58)51-43(37)60/h4-7,18-19,22,25-26,29-31,37,63H,8-17,20-21,23-24H2,1-3H3,(H,49,50,52)(H,51,58,60)/t29?,31?,37-/m1/s1. The van der Waals surface area contributed by atoms with Gasteiger partial charge in [0.15, 0.2) is 18.2 Å². The Balaban J connectivity index is 0.747. The number of imide groups is 1. The van der Waals surface area contributed by atoms with Crippen LogP contribution in [-0.4, -0.2) is 122 Å². The van der Waals surface area contributed by atoms with Gasteiger partial charge in [-0.1, -0.05) is 17.7 Å². The largest absolute Gasteiger partial charge is 0.478 e. The highest BCUT2D eigenvalue weighted by atomic mass is 35.5.